The zero-order valence-electron chi connectivity index (χ0n) is 7.88. The second-order valence-electron chi connectivity index (χ2n) is 3.22. The summed E-state index contributed by atoms with van der Waals surface area (Å²) in [5.74, 6) is 0.172. The molecule has 0 aliphatic rings. The molecule has 0 fully saturated rings. The van der Waals surface area contributed by atoms with E-state index in [2.05, 4.69) is 26.0 Å². The Morgan fingerprint density at radius 2 is 2.27 bits per heavy atom. The fourth-order valence-electron chi connectivity index (χ4n) is 1.21. The summed E-state index contributed by atoms with van der Waals surface area (Å²) in [6.07, 6.45) is 2.88. The molecule has 7 heteroatoms. The van der Waals surface area contributed by atoms with Gasteiger partial charge in [-0.3, -0.25) is 0 Å². The van der Waals surface area contributed by atoms with Gasteiger partial charge in [0, 0.05) is 12.5 Å². The van der Waals surface area contributed by atoms with Crippen LogP contribution >= 0.6 is 15.9 Å². The molecule has 0 atom stereocenters. The summed E-state index contributed by atoms with van der Waals surface area (Å²) < 4.78 is 24.5. The molecule has 0 bridgehead atoms. The van der Waals surface area contributed by atoms with E-state index in [9.17, 15) is 8.42 Å². The van der Waals surface area contributed by atoms with E-state index in [4.69, 9.17) is 0 Å². The summed E-state index contributed by atoms with van der Waals surface area (Å²) in [7, 11) is -3.09. The first kappa shape index (κ1) is 10.6. The molecule has 2 heterocycles. The molecule has 0 unspecified atom stereocenters. The van der Waals surface area contributed by atoms with Crippen molar-refractivity contribution in [1.82, 2.24) is 14.6 Å². The molecule has 5 nitrogen and oxygen atoms in total. The van der Waals surface area contributed by atoms with E-state index >= 15 is 0 Å². The van der Waals surface area contributed by atoms with Crippen molar-refractivity contribution >= 4 is 31.4 Å². The molecule has 15 heavy (non-hydrogen) atoms. The highest BCUT2D eigenvalue weighted by atomic mass is 79.9. The van der Waals surface area contributed by atoms with Crippen LogP contribution in [0.15, 0.2) is 22.8 Å². The minimum atomic E-state index is -3.09. The molecule has 0 saturated carbocycles. The van der Waals surface area contributed by atoms with Crippen LogP contribution in [0, 0.1) is 0 Å². The van der Waals surface area contributed by atoms with Crippen molar-refractivity contribution in [2.75, 3.05) is 6.26 Å². The Labute approximate surface area is 95.2 Å². The Bertz CT molecular complexity index is 605. The van der Waals surface area contributed by atoms with Gasteiger partial charge in [0.2, 0.25) is 0 Å². The van der Waals surface area contributed by atoms with Crippen molar-refractivity contribution in [2.45, 2.75) is 5.75 Å². The van der Waals surface area contributed by atoms with Crippen molar-refractivity contribution in [1.29, 1.82) is 0 Å². The van der Waals surface area contributed by atoms with Crippen molar-refractivity contribution in [3.05, 3.63) is 28.6 Å². The van der Waals surface area contributed by atoms with Crippen LogP contribution in [0.2, 0.25) is 0 Å². The number of pyridine rings is 1. The summed E-state index contributed by atoms with van der Waals surface area (Å²) in [5, 5.41) is 4.06. The molecule has 0 spiro atoms. The zero-order chi connectivity index (χ0) is 11.1. The van der Waals surface area contributed by atoms with Crippen molar-refractivity contribution in [3.63, 3.8) is 0 Å². The van der Waals surface area contributed by atoms with E-state index in [1.54, 1.807) is 16.8 Å². The number of fused-ring (bicyclic) bond motifs is 1. The lowest BCUT2D eigenvalue weighted by atomic mass is 10.5. The summed E-state index contributed by atoms with van der Waals surface area (Å²) >= 11 is 3.32. The maximum absolute atomic E-state index is 11.1. The van der Waals surface area contributed by atoms with Gasteiger partial charge in [-0.15, -0.1) is 0 Å². The van der Waals surface area contributed by atoms with Gasteiger partial charge in [-0.2, -0.15) is 5.10 Å². The lowest BCUT2D eigenvalue weighted by Gasteiger charge is -1.90. The third-order valence-corrected chi connectivity index (χ3v) is 3.15. The predicted octanol–water partition coefficient (Wildman–Crippen LogP) is 1.04. The first-order valence-corrected chi connectivity index (χ1v) is 6.98. The lowest BCUT2D eigenvalue weighted by Crippen LogP contribution is -2.02. The second-order valence-corrected chi connectivity index (χ2v) is 6.22. The smallest absolute Gasteiger partial charge is 0.169 e. The zero-order valence-corrected chi connectivity index (χ0v) is 10.3. The Balaban J connectivity index is 2.53. The molecule has 0 N–H and O–H groups in total. The third-order valence-electron chi connectivity index (χ3n) is 1.75. The van der Waals surface area contributed by atoms with Crippen LogP contribution in [0.25, 0.3) is 5.65 Å². The molecule has 0 aliphatic heterocycles. The minimum Gasteiger partial charge on any atom is -0.229 e. The van der Waals surface area contributed by atoms with Crippen molar-refractivity contribution < 1.29 is 8.42 Å². The number of nitrogens with zero attached hydrogens (tertiary/aromatic N) is 3. The van der Waals surface area contributed by atoms with Crippen molar-refractivity contribution in [2.24, 2.45) is 0 Å². The fourth-order valence-corrected chi connectivity index (χ4v) is 2.23. The number of aromatic nitrogens is 3. The lowest BCUT2D eigenvalue weighted by molar-refractivity contribution is 0.599. The monoisotopic (exact) mass is 289 g/mol. The van der Waals surface area contributed by atoms with Gasteiger partial charge >= 0.3 is 0 Å². The van der Waals surface area contributed by atoms with E-state index in [0.29, 0.717) is 11.5 Å². The Morgan fingerprint density at radius 1 is 1.53 bits per heavy atom. The third kappa shape index (κ3) is 2.35. The average molecular weight is 290 g/mol. The van der Waals surface area contributed by atoms with Crippen LogP contribution < -0.4 is 0 Å². The Morgan fingerprint density at radius 3 is 2.87 bits per heavy atom. The van der Waals surface area contributed by atoms with Crippen molar-refractivity contribution in [3.8, 4) is 0 Å². The summed E-state index contributed by atoms with van der Waals surface area (Å²) in [4.78, 5) is 4.12. The van der Waals surface area contributed by atoms with Crippen LogP contribution in [0.3, 0.4) is 0 Å². The van der Waals surface area contributed by atoms with E-state index in [1.807, 2.05) is 6.07 Å². The number of halogens is 1. The van der Waals surface area contributed by atoms with Gasteiger partial charge in [0.15, 0.2) is 21.3 Å². The van der Waals surface area contributed by atoms with Gasteiger partial charge in [-0.1, -0.05) is 0 Å². The maximum atomic E-state index is 11.1. The summed E-state index contributed by atoms with van der Waals surface area (Å²) in [5.41, 5.74) is 0.621. The standard InChI is InChI=1S/C8H8BrN3O2S/c1-15(13,14)5-7-10-8-6(9)3-2-4-12(8)11-7/h2-4H,5H2,1H3. The van der Waals surface area contributed by atoms with Crippen LogP contribution in [-0.2, 0) is 15.6 Å². The van der Waals surface area contributed by atoms with Crippen LogP contribution in [0.1, 0.15) is 5.82 Å². The van der Waals surface area contributed by atoms with Crippen LogP contribution in [0.5, 0.6) is 0 Å². The molecule has 2 rings (SSSR count). The molecule has 2 aromatic heterocycles. The molecule has 80 valence electrons. The molecular weight excluding hydrogens is 282 g/mol. The maximum Gasteiger partial charge on any atom is 0.169 e. The van der Waals surface area contributed by atoms with E-state index in [-0.39, 0.29) is 5.75 Å². The number of sulfone groups is 1. The van der Waals surface area contributed by atoms with Gasteiger partial charge in [0.1, 0.15) is 5.75 Å². The molecule has 0 aromatic carbocycles. The number of rotatable bonds is 2. The first-order valence-electron chi connectivity index (χ1n) is 4.13. The van der Waals surface area contributed by atoms with Gasteiger partial charge < -0.3 is 0 Å². The highest BCUT2D eigenvalue weighted by Crippen LogP contribution is 2.15. The first-order chi connectivity index (χ1) is 6.96. The quantitative estimate of drug-likeness (QED) is 0.829. The summed E-state index contributed by atoms with van der Waals surface area (Å²) in [6.45, 7) is 0. The summed E-state index contributed by atoms with van der Waals surface area (Å²) in [6, 6.07) is 3.63. The van der Waals surface area contributed by atoms with Gasteiger partial charge in [-0.05, 0) is 28.1 Å². The molecule has 0 amide bonds. The van der Waals surface area contributed by atoms with E-state index in [1.165, 1.54) is 0 Å². The highest BCUT2D eigenvalue weighted by Gasteiger charge is 2.11. The second kappa shape index (κ2) is 3.57. The number of hydrogen-bond donors (Lipinski definition) is 0. The normalized spacial score (nSPS) is 12.1. The predicted molar refractivity (Wildman–Crippen MR) is 59.2 cm³/mol. The molecule has 2 aromatic rings. The van der Waals surface area contributed by atoms with Crippen LogP contribution in [-0.4, -0.2) is 29.3 Å². The van der Waals surface area contributed by atoms with Gasteiger partial charge in [0.05, 0.1) is 4.47 Å². The molecular formula is C8H8BrN3O2S. The Kier molecular flexibility index (Phi) is 2.51. The Hall–Kier alpha value is -0.950. The van der Waals surface area contributed by atoms with Crippen LogP contribution in [0.4, 0.5) is 0 Å². The van der Waals surface area contributed by atoms with Gasteiger partial charge in [-0.25, -0.2) is 17.9 Å². The average Bonchev–Trinajstić information content (AvgIpc) is 2.45. The highest BCUT2D eigenvalue weighted by molar-refractivity contribution is 9.10. The minimum absolute atomic E-state index is 0.138. The largest absolute Gasteiger partial charge is 0.229 e. The molecule has 0 saturated heterocycles. The molecule has 0 aliphatic carbocycles. The van der Waals surface area contributed by atoms with E-state index in [0.717, 1.165) is 10.7 Å². The topological polar surface area (TPSA) is 64.3 Å². The SMILES string of the molecule is CS(=O)(=O)Cc1nc2c(Br)cccn2n1. The van der Waals surface area contributed by atoms with Gasteiger partial charge in [0.25, 0.3) is 0 Å². The van der Waals surface area contributed by atoms with E-state index < -0.39 is 9.84 Å². The number of hydrogen-bond acceptors (Lipinski definition) is 4. The molecule has 0 radical (unpaired) electrons. The fraction of sp³-hybridized carbons (Fsp3) is 0.250.